The summed E-state index contributed by atoms with van der Waals surface area (Å²) >= 11 is 0. The van der Waals surface area contributed by atoms with Gasteiger partial charge >= 0.3 is 0 Å². The van der Waals surface area contributed by atoms with Crippen molar-refractivity contribution >= 4 is 12.1 Å². The van der Waals surface area contributed by atoms with E-state index in [4.69, 9.17) is 16.5 Å². The molecule has 0 spiro atoms. The molecule has 5 N–H and O–H groups in total. The van der Waals surface area contributed by atoms with Crippen LogP contribution in [0.2, 0.25) is 0 Å². The minimum Gasteiger partial charge on any atom is -0.351 e. The summed E-state index contributed by atoms with van der Waals surface area (Å²) in [6.07, 6.45) is 17.5. The first-order chi connectivity index (χ1) is 20.8. The molecule has 248 valence electrons. The van der Waals surface area contributed by atoms with E-state index in [-0.39, 0.29) is 17.4 Å². The molecule has 7 heteroatoms. The summed E-state index contributed by atoms with van der Waals surface area (Å²) in [5.74, 6) is 2.68. The second-order valence-corrected chi connectivity index (χ2v) is 15.1. The number of carbonyl (C=O) groups is 1. The van der Waals surface area contributed by atoms with Crippen molar-refractivity contribution in [3.63, 3.8) is 0 Å². The van der Waals surface area contributed by atoms with Crippen LogP contribution in [0.15, 0.2) is 4.99 Å². The first-order valence-corrected chi connectivity index (χ1v) is 18.5. The zero-order chi connectivity index (χ0) is 31.0. The third-order valence-electron chi connectivity index (χ3n) is 12.5. The van der Waals surface area contributed by atoms with E-state index in [9.17, 15) is 9.18 Å². The average molecular weight is 604 g/mol. The number of nitrogens with two attached hydrogens (primary N) is 2. The summed E-state index contributed by atoms with van der Waals surface area (Å²) in [5.41, 5.74) is 12.9. The van der Waals surface area contributed by atoms with Gasteiger partial charge in [-0.3, -0.25) is 9.79 Å². The van der Waals surface area contributed by atoms with E-state index in [1.165, 1.54) is 64.0 Å². The van der Waals surface area contributed by atoms with Crippen LogP contribution in [0.4, 0.5) is 4.39 Å². The number of fused-ring (bicyclic) bond motifs is 1. The Morgan fingerprint density at radius 1 is 1.02 bits per heavy atom. The van der Waals surface area contributed by atoms with E-state index in [0.29, 0.717) is 24.2 Å². The highest BCUT2D eigenvalue weighted by Crippen LogP contribution is 2.51. The molecule has 0 aromatic rings. The van der Waals surface area contributed by atoms with Gasteiger partial charge in [-0.05, 0) is 86.5 Å². The Labute approximate surface area is 263 Å². The molecule has 1 saturated heterocycles. The van der Waals surface area contributed by atoms with Gasteiger partial charge in [0.2, 0.25) is 5.91 Å². The summed E-state index contributed by atoms with van der Waals surface area (Å²) < 4.78 is 14.9. The van der Waals surface area contributed by atoms with E-state index in [2.05, 4.69) is 37.9 Å². The number of piperidine rings is 1. The summed E-state index contributed by atoms with van der Waals surface area (Å²) in [6.45, 7) is 12.2. The van der Waals surface area contributed by atoms with Crippen LogP contribution < -0.4 is 16.8 Å². The number of aliphatic imine (C=N–C) groups is 1. The van der Waals surface area contributed by atoms with Gasteiger partial charge in [0.15, 0.2) is 0 Å². The normalized spacial score (nSPS) is 37.4. The Morgan fingerprint density at radius 2 is 1.77 bits per heavy atom. The molecule has 2 aliphatic carbocycles. The van der Waals surface area contributed by atoms with Crippen molar-refractivity contribution in [1.29, 1.82) is 0 Å². The predicted molar refractivity (Wildman–Crippen MR) is 178 cm³/mol. The number of likely N-dealkylation sites (tertiary alicyclic amines) is 1. The maximum Gasteiger partial charge on any atom is 0.228 e. The van der Waals surface area contributed by atoms with Crippen LogP contribution in [0.3, 0.4) is 0 Å². The third-order valence-corrected chi connectivity index (χ3v) is 12.5. The number of nitrogens with zero attached hydrogens (tertiary/aromatic N) is 2. The molecule has 0 aromatic heterocycles. The standard InChI is InChI=1S/C36H66FN5O/c1-5-9-18-36(8-4)19-17-27(37)22-40-30(21-36)33(34(38)39)35(43)41-31-24-42(20-10-6-2)23-26-15-16-29(25-13-11-12-14-25)28(7-3)32(26)31/h22,25-34H,5-21,23-24,38-39H2,1-4H3,(H,41,43)/b40-22-. The van der Waals surface area contributed by atoms with Gasteiger partial charge in [-0.25, -0.2) is 4.39 Å². The van der Waals surface area contributed by atoms with Gasteiger partial charge in [0.1, 0.15) is 6.17 Å². The summed E-state index contributed by atoms with van der Waals surface area (Å²) in [5, 5.41) is 3.61. The zero-order valence-corrected chi connectivity index (χ0v) is 28.1. The molecule has 4 rings (SSSR count). The SMILES string of the molecule is CCCCN1CC2CCC(C3CCCC3)C(CC)C2C(NC(=O)C(C(N)N)C2CC(CC)(CCCC)CCC(F)/C=N\2)C1. The van der Waals surface area contributed by atoms with E-state index < -0.39 is 24.3 Å². The Hall–Kier alpha value is -1.05. The highest BCUT2D eigenvalue weighted by atomic mass is 19.1. The molecule has 9 atom stereocenters. The van der Waals surface area contributed by atoms with Crippen LogP contribution in [0.5, 0.6) is 0 Å². The van der Waals surface area contributed by atoms with Gasteiger partial charge < -0.3 is 21.7 Å². The van der Waals surface area contributed by atoms with Gasteiger partial charge in [-0.1, -0.05) is 85.5 Å². The minimum absolute atomic E-state index is 0.0335. The summed E-state index contributed by atoms with van der Waals surface area (Å²) in [7, 11) is 0. The average Bonchev–Trinajstić information content (AvgIpc) is 3.53. The molecule has 0 aromatic carbocycles. The van der Waals surface area contributed by atoms with Crippen LogP contribution in [0.1, 0.15) is 130 Å². The van der Waals surface area contributed by atoms with Crippen molar-refractivity contribution in [2.75, 3.05) is 19.6 Å². The molecule has 2 aliphatic heterocycles. The van der Waals surface area contributed by atoms with Crippen molar-refractivity contribution < 1.29 is 9.18 Å². The number of nitrogens with one attached hydrogen (secondary N) is 1. The van der Waals surface area contributed by atoms with Gasteiger partial charge in [0.25, 0.3) is 0 Å². The lowest BCUT2D eigenvalue weighted by Gasteiger charge is -2.53. The molecule has 3 fully saturated rings. The van der Waals surface area contributed by atoms with Crippen molar-refractivity contribution in [2.45, 2.75) is 155 Å². The van der Waals surface area contributed by atoms with E-state index in [1.54, 1.807) is 0 Å². The van der Waals surface area contributed by atoms with Gasteiger partial charge in [-0.15, -0.1) is 0 Å². The maximum absolute atomic E-state index is 14.9. The monoisotopic (exact) mass is 604 g/mol. The highest BCUT2D eigenvalue weighted by Gasteiger charge is 2.49. The zero-order valence-electron chi connectivity index (χ0n) is 28.1. The van der Waals surface area contributed by atoms with E-state index in [0.717, 1.165) is 70.0 Å². The number of rotatable bonds is 13. The van der Waals surface area contributed by atoms with Crippen LogP contribution >= 0.6 is 0 Å². The fourth-order valence-corrected chi connectivity index (χ4v) is 10.0. The Bertz CT molecular complexity index is 878. The predicted octanol–water partition coefficient (Wildman–Crippen LogP) is 6.85. The quantitative estimate of drug-likeness (QED) is 0.201. The number of amides is 1. The Morgan fingerprint density at radius 3 is 2.42 bits per heavy atom. The lowest BCUT2D eigenvalue weighted by Crippen LogP contribution is -2.63. The van der Waals surface area contributed by atoms with Crippen molar-refractivity contribution in [1.82, 2.24) is 10.2 Å². The second kappa shape index (κ2) is 16.5. The Kier molecular flexibility index (Phi) is 13.4. The number of hydrogen-bond donors (Lipinski definition) is 3. The van der Waals surface area contributed by atoms with Crippen LogP contribution in [-0.4, -0.2) is 61.1 Å². The van der Waals surface area contributed by atoms with Gasteiger partial charge in [0, 0.05) is 25.3 Å². The molecular formula is C36H66FN5O. The number of halogens is 1. The summed E-state index contributed by atoms with van der Waals surface area (Å²) in [6, 6.07) is -0.300. The summed E-state index contributed by atoms with van der Waals surface area (Å²) in [4.78, 5) is 21.8. The van der Waals surface area contributed by atoms with Crippen molar-refractivity contribution in [3.05, 3.63) is 0 Å². The fraction of sp³-hybridized carbons (Fsp3) is 0.944. The maximum atomic E-state index is 14.9. The molecule has 0 bridgehead atoms. The van der Waals surface area contributed by atoms with Gasteiger partial charge in [-0.2, -0.15) is 0 Å². The molecule has 2 heterocycles. The molecule has 43 heavy (non-hydrogen) atoms. The molecule has 0 radical (unpaired) electrons. The largest absolute Gasteiger partial charge is 0.351 e. The number of alkyl halides is 1. The Balaban J connectivity index is 1.60. The van der Waals surface area contributed by atoms with Crippen LogP contribution in [-0.2, 0) is 4.79 Å². The molecule has 4 aliphatic rings. The van der Waals surface area contributed by atoms with E-state index in [1.807, 2.05) is 0 Å². The molecular weight excluding hydrogens is 537 g/mol. The second-order valence-electron chi connectivity index (χ2n) is 15.1. The number of carbonyl (C=O) groups excluding carboxylic acids is 1. The molecule has 6 nitrogen and oxygen atoms in total. The first kappa shape index (κ1) is 34.8. The van der Waals surface area contributed by atoms with Crippen molar-refractivity contribution in [3.8, 4) is 0 Å². The first-order valence-electron chi connectivity index (χ1n) is 18.5. The lowest BCUT2D eigenvalue weighted by atomic mass is 9.58. The van der Waals surface area contributed by atoms with Crippen LogP contribution in [0, 0.1) is 40.9 Å². The molecule has 9 unspecified atom stereocenters. The smallest absolute Gasteiger partial charge is 0.228 e. The molecule has 2 saturated carbocycles. The minimum atomic E-state index is -1.08. The van der Waals surface area contributed by atoms with Crippen LogP contribution in [0.25, 0.3) is 0 Å². The lowest BCUT2D eigenvalue weighted by molar-refractivity contribution is -0.130. The van der Waals surface area contributed by atoms with E-state index >= 15 is 0 Å². The van der Waals surface area contributed by atoms with Gasteiger partial charge in [0.05, 0.1) is 18.1 Å². The topological polar surface area (TPSA) is 96.7 Å². The molecule has 1 amide bonds. The number of hydrogen-bond acceptors (Lipinski definition) is 5. The van der Waals surface area contributed by atoms with Crippen molar-refractivity contribution in [2.24, 2.45) is 57.4 Å². The fourth-order valence-electron chi connectivity index (χ4n) is 10.0. The highest BCUT2D eigenvalue weighted by molar-refractivity contribution is 5.81. The number of unbranched alkanes of at least 4 members (excludes halogenated alkanes) is 2. The third kappa shape index (κ3) is 8.61.